The molecule has 0 radical (unpaired) electrons. The molecule has 0 bridgehead atoms. The normalized spacial score (nSPS) is 16.7. The maximum Gasteiger partial charge on any atom is 0.335 e. The van der Waals surface area contributed by atoms with E-state index in [1.165, 1.54) is 6.07 Å². The van der Waals surface area contributed by atoms with Gasteiger partial charge in [0.15, 0.2) is 0 Å². The summed E-state index contributed by atoms with van der Waals surface area (Å²) in [6.45, 7) is 5.04. The summed E-state index contributed by atoms with van der Waals surface area (Å²) in [5, 5.41) is 27.7. The summed E-state index contributed by atoms with van der Waals surface area (Å²) < 4.78 is 6.53. The van der Waals surface area contributed by atoms with Gasteiger partial charge in [0.1, 0.15) is 17.4 Å². The third-order valence-electron chi connectivity index (χ3n) is 5.69. The molecule has 1 aliphatic heterocycles. The van der Waals surface area contributed by atoms with Crippen LogP contribution in [0.15, 0.2) is 29.0 Å². The lowest BCUT2D eigenvalue weighted by atomic mass is 10.0. The fourth-order valence-electron chi connectivity index (χ4n) is 4.04. The minimum atomic E-state index is -1.01. The van der Waals surface area contributed by atoms with Gasteiger partial charge < -0.3 is 14.8 Å². The Morgan fingerprint density at radius 3 is 2.50 bits per heavy atom. The summed E-state index contributed by atoms with van der Waals surface area (Å²) in [5.74, 6) is -1.93. The summed E-state index contributed by atoms with van der Waals surface area (Å²) in [5.41, 5.74) is 3.10. The zero-order valence-electron chi connectivity index (χ0n) is 16.8. The number of aromatic nitrogens is 3. The van der Waals surface area contributed by atoms with Crippen molar-refractivity contribution in [3.05, 3.63) is 46.9 Å². The van der Waals surface area contributed by atoms with Gasteiger partial charge in [0.25, 0.3) is 0 Å². The molecule has 1 aromatic carbocycles. The van der Waals surface area contributed by atoms with Crippen LogP contribution < -0.4 is 0 Å². The van der Waals surface area contributed by atoms with Gasteiger partial charge in [-0.3, -0.25) is 14.6 Å². The fourth-order valence-corrected chi connectivity index (χ4v) is 4.04. The van der Waals surface area contributed by atoms with Crippen molar-refractivity contribution in [2.24, 2.45) is 7.05 Å². The number of aromatic carboxylic acids is 1. The Bertz CT molecular complexity index is 1100. The molecule has 3 aromatic rings. The number of hydrogen-bond acceptors (Lipinski definition) is 7. The first-order chi connectivity index (χ1) is 14.3. The number of fused-ring (bicyclic) bond motifs is 1. The highest BCUT2D eigenvalue weighted by Crippen LogP contribution is 2.31. The summed E-state index contributed by atoms with van der Waals surface area (Å²) in [7, 11) is 1.79. The summed E-state index contributed by atoms with van der Waals surface area (Å²) >= 11 is 0. The lowest BCUT2D eigenvalue weighted by molar-refractivity contribution is -0.144. The Balaban J connectivity index is 1.56. The summed E-state index contributed by atoms with van der Waals surface area (Å²) in [4.78, 5) is 27.7. The number of benzene rings is 1. The molecule has 1 aliphatic rings. The smallest absolute Gasteiger partial charge is 0.335 e. The molecule has 0 unspecified atom stereocenters. The Morgan fingerprint density at radius 1 is 1.17 bits per heavy atom. The van der Waals surface area contributed by atoms with Gasteiger partial charge in [0, 0.05) is 62.4 Å². The topological polar surface area (TPSA) is 125 Å². The number of carbonyl (C=O) groups is 2. The number of aryl methyl sites for hydroxylation is 2. The van der Waals surface area contributed by atoms with Gasteiger partial charge in [0.2, 0.25) is 0 Å². The third-order valence-corrected chi connectivity index (χ3v) is 5.69. The van der Waals surface area contributed by atoms with Crippen LogP contribution in [0.3, 0.4) is 0 Å². The summed E-state index contributed by atoms with van der Waals surface area (Å²) in [6.07, 6.45) is 1.78. The Labute approximate surface area is 172 Å². The number of hydrogen-bond donors (Lipinski definition) is 2. The van der Waals surface area contributed by atoms with Gasteiger partial charge in [-0.15, -0.1) is 0 Å². The Morgan fingerprint density at radius 2 is 1.90 bits per heavy atom. The van der Waals surface area contributed by atoms with E-state index in [4.69, 9.17) is 4.63 Å². The highest BCUT2D eigenvalue weighted by Gasteiger charge is 2.33. The molecule has 10 heteroatoms. The first-order valence-electron chi connectivity index (χ1n) is 9.64. The molecule has 0 aliphatic carbocycles. The van der Waals surface area contributed by atoms with Crippen molar-refractivity contribution in [2.75, 3.05) is 26.2 Å². The van der Waals surface area contributed by atoms with E-state index in [0.717, 1.165) is 16.8 Å². The molecule has 4 rings (SSSR count). The molecular formula is C20H23N5O5. The fraction of sp³-hybridized carbons (Fsp3) is 0.400. The minimum absolute atomic E-state index is 0.174. The predicted octanol–water partition coefficient (Wildman–Crippen LogP) is 1.51. The van der Waals surface area contributed by atoms with E-state index in [0.29, 0.717) is 43.8 Å². The monoisotopic (exact) mass is 413 g/mol. The molecule has 1 atom stereocenters. The van der Waals surface area contributed by atoms with E-state index in [2.05, 4.69) is 15.2 Å². The van der Waals surface area contributed by atoms with Crippen LogP contribution >= 0.6 is 0 Å². The first kappa shape index (κ1) is 20.0. The van der Waals surface area contributed by atoms with Crippen molar-refractivity contribution < 1.29 is 24.4 Å². The number of aliphatic carboxylic acids is 1. The number of carboxylic acid groups (broad SMARTS) is 2. The maximum atomic E-state index is 12.2. The zero-order chi connectivity index (χ0) is 21.4. The highest BCUT2D eigenvalue weighted by atomic mass is 16.6. The highest BCUT2D eigenvalue weighted by molar-refractivity contribution is 5.96. The van der Waals surface area contributed by atoms with Crippen molar-refractivity contribution in [2.45, 2.75) is 19.5 Å². The standard InChI is InChI=1S/C20H23N5O5/c1-12-16(22-30-21-12)11-24-5-7-25(8-6-24)18(20(28)29)15-10-23(2)17-9-13(19(26)27)3-4-14(15)17/h3-4,9-10,18H,5-8,11H2,1-2H3,(H,26,27)(H,28,29)/t18-/m0/s1. The second kappa shape index (κ2) is 7.88. The van der Waals surface area contributed by atoms with Gasteiger partial charge in [-0.2, -0.15) is 0 Å². The van der Waals surface area contributed by atoms with Gasteiger partial charge in [0.05, 0.1) is 5.56 Å². The van der Waals surface area contributed by atoms with Crippen LogP contribution in [0.1, 0.15) is 33.4 Å². The number of nitrogens with zero attached hydrogens (tertiary/aromatic N) is 5. The molecule has 158 valence electrons. The van der Waals surface area contributed by atoms with E-state index in [1.54, 1.807) is 29.9 Å². The van der Waals surface area contributed by atoms with Gasteiger partial charge >= 0.3 is 11.9 Å². The van der Waals surface area contributed by atoms with Crippen molar-refractivity contribution in [1.29, 1.82) is 0 Å². The molecule has 2 aromatic heterocycles. The quantitative estimate of drug-likeness (QED) is 0.618. The average molecular weight is 413 g/mol. The maximum absolute atomic E-state index is 12.2. The number of rotatable bonds is 6. The molecule has 0 amide bonds. The van der Waals surface area contributed by atoms with E-state index >= 15 is 0 Å². The van der Waals surface area contributed by atoms with Crippen LogP contribution in [0, 0.1) is 6.92 Å². The molecule has 3 heterocycles. The second-order valence-electron chi connectivity index (χ2n) is 7.58. The van der Waals surface area contributed by atoms with Gasteiger partial charge in [-0.1, -0.05) is 16.4 Å². The lowest BCUT2D eigenvalue weighted by Gasteiger charge is -2.37. The van der Waals surface area contributed by atoms with Crippen LogP contribution in [0.25, 0.3) is 10.9 Å². The Kier molecular flexibility index (Phi) is 5.27. The van der Waals surface area contributed by atoms with Crippen molar-refractivity contribution in [3.8, 4) is 0 Å². The van der Waals surface area contributed by atoms with Crippen LogP contribution in [-0.2, 0) is 18.4 Å². The molecule has 0 spiro atoms. The van der Waals surface area contributed by atoms with Gasteiger partial charge in [-0.05, 0) is 19.1 Å². The molecular weight excluding hydrogens is 390 g/mol. The second-order valence-corrected chi connectivity index (χ2v) is 7.58. The van der Waals surface area contributed by atoms with Crippen LogP contribution in [0.2, 0.25) is 0 Å². The van der Waals surface area contributed by atoms with E-state index in [-0.39, 0.29) is 5.56 Å². The molecule has 0 saturated carbocycles. The van der Waals surface area contributed by atoms with Crippen LogP contribution in [-0.4, -0.2) is 73.0 Å². The molecule has 2 N–H and O–H groups in total. The van der Waals surface area contributed by atoms with Crippen molar-refractivity contribution >= 4 is 22.8 Å². The van der Waals surface area contributed by atoms with Crippen molar-refractivity contribution in [3.63, 3.8) is 0 Å². The molecule has 30 heavy (non-hydrogen) atoms. The Hall–Kier alpha value is -3.24. The summed E-state index contributed by atoms with van der Waals surface area (Å²) in [6, 6.07) is 3.98. The zero-order valence-corrected chi connectivity index (χ0v) is 16.8. The van der Waals surface area contributed by atoms with E-state index in [1.807, 2.05) is 11.8 Å². The SMILES string of the molecule is Cc1nonc1CN1CCN([C@H](C(=O)O)c2cn(C)c3cc(C(=O)O)ccc23)CC1. The molecule has 1 fully saturated rings. The van der Waals surface area contributed by atoms with Crippen molar-refractivity contribution in [1.82, 2.24) is 24.7 Å². The van der Waals surface area contributed by atoms with Crippen LogP contribution in [0.4, 0.5) is 0 Å². The van der Waals surface area contributed by atoms with E-state index in [9.17, 15) is 19.8 Å². The number of carboxylic acids is 2. The predicted molar refractivity (Wildman–Crippen MR) is 106 cm³/mol. The molecule has 10 nitrogen and oxygen atoms in total. The van der Waals surface area contributed by atoms with Gasteiger partial charge in [-0.25, -0.2) is 9.42 Å². The van der Waals surface area contributed by atoms with E-state index < -0.39 is 18.0 Å². The first-order valence-corrected chi connectivity index (χ1v) is 9.64. The average Bonchev–Trinajstić information content (AvgIpc) is 3.26. The number of piperazine rings is 1. The third kappa shape index (κ3) is 3.66. The molecule has 1 saturated heterocycles. The lowest BCUT2D eigenvalue weighted by Crippen LogP contribution is -2.48. The minimum Gasteiger partial charge on any atom is -0.480 e. The largest absolute Gasteiger partial charge is 0.480 e. The van der Waals surface area contributed by atoms with Crippen LogP contribution in [0.5, 0.6) is 0 Å².